The Morgan fingerprint density at radius 1 is 1.25 bits per heavy atom. The summed E-state index contributed by atoms with van der Waals surface area (Å²) >= 11 is 0. The second-order valence-electron chi connectivity index (χ2n) is 3.86. The van der Waals surface area contributed by atoms with Crippen molar-refractivity contribution in [3.63, 3.8) is 0 Å². The quantitative estimate of drug-likeness (QED) is 0.666. The van der Waals surface area contributed by atoms with Crippen molar-refractivity contribution in [2.24, 2.45) is 0 Å². The van der Waals surface area contributed by atoms with Crippen LogP contribution in [0, 0.1) is 23.3 Å². The van der Waals surface area contributed by atoms with Crippen molar-refractivity contribution >= 4 is 17.3 Å². The normalized spacial score (nSPS) is 10.6. The van der Waals surface area contributed by atoms with E-state index in [2.05, 4.69) is 5.10 Å². The van der Waals surface area contributed by atoms with Crippen molar-refractivity contribution in [3.05, 3.63) is 41.7 Å². The number of carbonyl (C=O) groups is 1. The molecule has 1 aromatic heterocycles. The number of halogens is 4. The van der Waals surface area contributed by atoms with Gasteiger partial charge in [0.25, 0.3) is 0 Å². The number of aromatic nitrogens is 2. The summed E-state index contributed by atoms with van der Waals surface area (Å²) in [5.74, 6) is -7.50. The van der Waals surface area contributed by atoms with E-state index in [-0.39, 0.29) is 11.8 Å². The van der Waals surface area contributed by atoms with Gasteiger partial charge in [0.05, 0.1) is 11.9 Å². The van der Waals surface area contributed by atoms with E-state index < -0.39 is 41.4 Å². The fourth-order valence-corrected chi connectivity index (χ4v) is 1.48. The van der Waals surface area contributed by atoms with Crippen LogP contribution in [0.1, 0.15) is 0 Å². The number of nitrogens with zero attached hydrogens (tertiary/aromatic N) is 2. The second-order valence-corrected chi connectivity index (χ2v) is 3.86. The van der Waals surface area contributed by atoms with Crippen LogP contribution in [0.2, 0.25) is 0 Å². The Morgan fingerprint density at radius 3 is 2.35 bits per heavy atom. The molecule has 2 aromatic rings. The van der Waals surface area contributed by atoms with Crippen molar-refractivity contribution in [3.8, 4) is 0 Å². The topological polar surface area (TPSA) is 72.9 Å². The monoisotopic (exact) mass is 288 g/mol. The zero-order valence-electron chi connectivity index (χ0n) is 9.83. The van der Waals surface area contributed by atoms with Crippen molar-refractivity contribution in [2.75, 3.05) is 11.1 Å². The van der Waals surface area contributed by atoms with E-state index in [0.717, 1.165) is 4.68 Å². The summed E-state index contributed by atoms with van der Waals surface area (Å²) in [7, 11) is 0. The predicted octanol–water partition coefficient (Wildman–Crippen LogP) is 1.66. The fraction of sp³-hybridized carbons (Fsp3) is 0.0909. The van der Waals surface area contributed by atoms with Crippen LogP contribution in [0.4, 0.5) is 28.9 Å². The van der Waals surface area contributed by atoms with Crippen LogP contribution < -0.4 is 11.1 Å². The minimum Gasteiger partial charge on any atom is -0.396 e. The SMILES string of the molecule is Nc1cnn(CC(=O)Nc2c(F)c(F)cc(F)c2F)c1. The van der Waals surface area contributed by atoms with Gasteiger partial charge in [0.1, 0.15) is 12.2 Å². The van der Waals surface area contributed by atoms with Gasteiger partial charge >= 0.3 is 0 Å². The summed E-state index contributed by atoms with van der Waals surface area (Å²) in [6.45, 7) is -0.422. The minimum absolute atomic E-state index is 0.0501. The van der Waals surface area contributed by atoms with Crippen LogP contribution in [0.15, 0.2) is 18.5 Å². The molecule has 0 bridgehead atoms. The highest BCUT2D eigenvalue weighted by Gasteiger charge is 2.20. The van der Waals surface area contributed by atoms with Gasteiger partial charge in [-0.2, -0.15) is 5.10 Å². The fourth-order valence-electron chi connectivity index (χ4n) is 1.48. The molecule has 3 N–H and O–H groups in total. The number of nitrogens with two attached hydrogens (primary N) is 1. The maximum atomic E-state index is 13.3. The molecule has 0 spiro atoms. The van der Waals surface area contributed by atoms with E-state index in [1.54, 1.807) is 5.32 Å². The Labute approximate surface area is 110 Å². The zero-order valence-corrected chi connectivity index (χ0v) is 9.83. The predicted molar refractivity (Wildman–Crippen MR) is 61.5 cm³/mol. The smallest absolute Gasteiger partial charge is 0.246 e. The second kappa shape index (κ2) is 5.19. The van der Waals surface area contributed by atoms with E-state index in [0.29, 0.717) is 0 Å². The zero-order chi connectivity index (χ0) is 14.9. The first-order valence-electron chi connectivity index (χ1n) is 5.29. The number of anilines is 2. The Bertz CT molecular complexity index is 644. The number of nitrogens with one attached hydrogen (secondary N) is 1. The van der Waals surface area contributed by atoms with Crippen LogP contribution in [0.5, 0.6) is 0 Å². The van der Waals surface area contributed by atoms with Gasteiger partial charge in [0.15, 0.2) is 23.3 Å². The lowest BCUT2D eigenvalue weighted by Crippen LogP contribution is -2.21. The Kier molecular flexibility index (Phi) is 3.59. The number of carbonyl (C=O) groups excluding carboxylic acids is 1. The van der Waals surface area contributed by atoms with Gasteiger partial charge in [0.2, 0.25) is 5.91 Å². The van der Waals surface area contributed by atoms with E-state index >= 15 is 0 Å². The maximum absolute atomic E-state index is 13.3. The Balaban J connectivity index is 2.20. The lowest BCUT2D eigenvalue weighted by molar-refractivity contribution is -0.116. The molecule has 0 aliphatic rings. The van der Waals surface area contributed by atoms with E-state index in [1.807, 2.05) is 0 Å². The lowest BCUT2D eigenvalue weighted by atomic mass is 10.2. The molecule has 9 heteroatoms. The lowest BCUT2D eigenvalue weighted by Gasteiger charge is -2.08. The summed E-state index contributed by atoms with van der Waals surface area (Å²) in [6, 6.07) is 0.0501. The molecule has 1 amide bonds. The molecule has 20 heavy (non-hydrogen) atoms. The molecule has 0 aliphatic carbocycles. The minimum atomic E-state index is -1.68. The van der Waals surface area contributed by atoms with Crippen LogP contribution in [-0.2, 0) is 11.3 Å². The number of benzene rings is 1. The molecule has 0 saturated heterocycles. The van der Waals surface area contributed by atoms with Crippen molar-refractivity contribution in [1.82, 2.24) is 9.78 Å². The van der Waals surface area contributed by atoms with Crippen molar-refractivity contribution in [2.45, 2.75) is 6.54 Å². The van der Waals surface area contributed by atoms with Gasteiger partial charge in [-0.3, -0.25) is 9.48 Å². The number of amides is 1. The Hall–Kier alpha value is -2.58. The third-order valence-electron chi connectivity index (χ3n) is 2.34. The average Bonchev–Trinajstić information content (AvgIpc) is 2.77. The molecule has 0 fully saturated rings. The van der Waals surface area contributed by atoms with E-state index in [1.165, 1.54) is 12.4 Å². The average molecular weight is 288 g/mol. The van der Waals surface area contributed by atoms with Gasteiger partial charge in [-0.25, -0.2) is 17.6 Å². The van der Waals surface area contributed by atoms with Gasteiger partial charge < -0.3 is 11.1 Å². The molecular weight excluding hydrogens is 280 g/mol. The standard InChI is InChI=1S/C11H8F4N4O/c12-6-1-7(13)10(15)11(9(6)14)18-8(20)4-19-3-5(16)2-17-19/h1-3H,4,16H2,(H,18,20). The summed E-state index contributed by atoms with van der Waals surface area (Å²) in [5.41, 5.74) is 4.46. The van der Waals surface area contributed by atoms with Gasteiger partial charge in [-0.1, -0.05) is 0 Å². The first-order chi connectivity index (χ1) is 9.38. The number of rotatable bonds is 3. The van der Waals surface area contributed by atoms with Crippen LogP contribution in [-0.4, -0.2) is 15.7 Å². The number of hydrogen-bond acceptors (Lipinski definition) is 3. The summed E-state index contributed by atoms with van der Waals surface area (Å²) in [4.78, 5) is 11.5. The van der Waals surface area contributed by atoms with Crippen LogP contribution >= 0.6 is 0 Å². The molecule has 0 radical (unpaired) electrons. The highest BCUT2D eigenvalue weighted by molar-refractivity contribution is 5.90. The summed E-state index contributed by atoms with van der Waals surface area (Å²) in [6.07, 6.45) is 2.56. The van der Waals surface area contributed by atoms with E-state index in [9.17, 15) is 22.4 Å². The third-order valence-corrected chi connectivity index (χ3v) is 2.34. The van der Waals surface area contributed by atoms with Gasteiger partial charge in [-0.15, -0.1) is 0 Å². The van der Waals surface area contributed by atoms with E-state index in [4.69, 9.17) is 5.73 Å². The van der Waals surface area contributed by atoms with Crippen LogP contribution in [0.3, 0.4) is 0 Å². The molecule has 1 aromatic carbocycles. The first-order valence-corrected chi connectivity index (χ1v) is 5.29. The summed E-state index contributed by atoms with van der Waals surface area (Å²) < 4.78 is 53.6. The van der Waals surface area contributed by atoms with Crippen molar-refractivity contribution in [1.29, 1.82) is 0 Å². The first kappa shape index (κ1) is 13.8. The van der Waals surface area contributed by atoms with Crippen molar-refractivity contribution < 1.29 is 22.4 Å². The number of nitrogen functional groups attached to an aromatic ring is 1. The van der Waals surface area contributed by atoms with Gasteiger partial charge in [-0.05, 0) is 0 Å². The maximum Gasteiger partial charge on any atom is 0.246 e. The Morgan fingerprint density at radius 2 is 1.85 bits per heavy atom. The number of hydrogen-bond donors (Lipinski definition) is 2. The molecule has 0 unspecified atom stereocenters. The molecule has 106 valence electrons. The largest absolute Gasteiger partial charge is 0.396 e. The highest BCUT2D eigenvalue weighted by Crippen LogP contribution is 2.24. The summed E-state index contributed by atoms with van der Waals surface area (Å²) in [5, 5.41) is 5.42. The van der Waals surface area contributed by atoms with Crippen LogP contribution in [0.25, 0.3) is 0 Å². The highest BCUT2D eigenvalue weighted by atomic mass is 19.2. The molecular formula is C11H8F4N4O. The molecule has 1 heterocycles. The third kappa shape index (κ3) is 2.71. The molecule has 2 rings (SSSR count). The molecule has 0 atom stereocenters. The molecule has 0 aliphatic heterocycles. The molecule has 5 nitrogen and oxygen atoms in total. The molecule has 0 saturated carbocycles. The van der Waals surface area contributed by atoms with Gasteiger partial charge in [0, 0.05) is 12.3 Å².